The van der Waals surface area contributed by atoms with E-state index in [9.17, 15) is 18.0 Å². The standard InChI is InChI=1S/C23H22F3N3O/c1-15(12-28-13-17-10-19(25)6-7-21(17)27-28)5-8-23(30)29-14-20(26)11-22(29)16-3-2-4-18(24)9-16/h2-4,6-7,9-10,13,20,22H,1,5,8,11-12,14H2. The maximum atomic E-state index is 14.0. The molecule has 0 spiro atoms. The number of rotatable bonds is 6. The van der Waals surface area contributed by atoms with E-state index in [2.05, 4.69) is 11.7 Å². The van der Waals surface area contributed by atoms with Gasteiger partial charge in [0.2, 0.25) is 5.91 Å². The number of hydrogen-bond acceptors (Lipinski definition) is 2. The zero-order valence-corrected chi connectivity index (χ0v) is 16.4. The smallest absolute Gasteiger partial charge is 0.223 e. The van der Waals surface area contributed by atoms with Crippen LogP contribution in [0.3, 0.4) is 0 Å². The van der Waals surface area contributed by atoms with Crippen molar-refractivity contribution in [1.29, 1.82) is 0 Å². The van der Waals surface area contributed by atoms with Crippen LogP contribution in [0.5, 0.6) is 0 Å². The van der Waals surface area contributed by atoms with E-state index in [0.29, 0.717) is 29.4 Å². The number of halogens is 3. The highest BCUT2D eigenvalue weighted by Gasteiger charge is 2.36. The van der Waals surface area contributed by atoms with Crippen LogP contribution in [0, 0.1) is 11.6 Å². The molecule has 1 aromatic heterocycles. The van der Waals surface area contributed by atoms with Crippen molar-refractivity contribution in [1.82, 2.24) is 14.7 Å². The van der Waals surface area contributed by atoms with Gasteiger partial charge in [-0.2, -0.15) is 5.10 Å². The predicted octanol–water partition coefficient (Wildman–Crippen LogP) is 4.96. The first-order valence-corrected chi connectivity index (χ1v) is 9.87. The van der Waals surface area contributed by atoms with E-state index < -0.39 is 18.0 Å². The van der Waals surface area contributed by atoms with Crippen molar-refractivity contribution >= 4 is 16.8 Å². The minimum atomic E-state index is -1.12. The maximum Gasteiger partial charge on any atom is 0.223 e. The number of alkyl halides is 1. The van der Waals surface area contributed by atoms with Gasteiger partial charge in [-0.05, 0) is 42.3 Å². The summed E-state index contributed by atoms with van der Waals surface area (Å²) >= 11 is 0. The minimum Gasteiger partial charge on any atom is -0.333 e. The molecule has 2 unspecified atom stereocenters. The van der Waals surface area contributed by atoms with Crippen molar-refractivity contribution < 1.29 is 18.0 Å². The minimum absolute atomic E-state index is 0.0165. The van der Waals surface area contributed by atoms with E-state index in [0.717, 1.165) is 5.57 Å². The topological polar surface area (TPSA) is 38.1 Å². The normalized spacial score (nSPS) is 18.8. The van der Waals surface area contributed by atoms with Gasteiger partial charge in [-0.15, -0.1) is 0 Å². The first-order chi connectivity index (χ1) is 14.4. The van der Waals surface area contributed by atoms with Gasteiger partial charge in [-0.1, -0.05) is 24.3 Å². The van der Waals surface area contributed by atoms with Crippen molar-refractivity contribution in [3.05, 3.63) is 78.0 Å². The molecule has 0 N–H and O–H groups in total. The first kappa shape index (κ1) is 20.2. The van der Waals surface area contributed by atoms with E-state index in [-0.39, 0.29) is 31.1 Å². The Balaban J connectivity index is 1.37. The SMILES string of the molecule is C=C(CCC(=O)N1CC(F)CC1c1cccc(F)c1)Cn1cc2cc(F)ccc2n1. The average Bonchev–Trinajstić information content (AvgIpc) is 3.28. The van der Waals surface area contributed by atoms with Gasteiger partial charge in [0.05, 0.1) is 24.6 Å². The number of carbonyl (C=O) groups is 1. The number of likely N-dealkylation sites (tertiary alicyclic amines) is 1. The second kappa shape index (κ2) is 8.34. The highest BCUT2D eigenvalue weighted by Crippen LogP contribution is 2.34. The van der Waals surface area contributed by atoms with Gasteiger partial charge < -0.3 is 4.90 Å². The van der Waals surface area contributed by atoms with Crippen LogP contribution in [0.15, 0.2) is 60.8 Å². The van der Waals surface area contributed by atoms with Crippen LogP contribution in [0.4, 0.5) is 13.2 Å². The van der Waals surface area contributed by atoms with Crippen LogP contribution in [-0.4, -0.2) is 33.3 Å². The lowest BCUT2D eigenvalue weighted by Gasteiger charge is -2.25. The third-order valence-electron chi connectivity index (χ3n) is 5.40. The highest BCUT2D eigenvalue weighted by atomic mass is 19.1. The second-order valence-corrected chi connectivity index (χ2v) is 7.73. The fourth-order valence-electron chi connectivity index (χ4n) is 3.95. The van der Waals surface area contributed by atoms with Crippen LogP contribution in [0.25, 0.3) is 10.9 Å². The van der Waals surface area contributed by atoms with Gasteiger partial charge >= 0.3 is 0 Å². The zero-order valence-electron chi connectivity index (χ0n) is 16.4. The Hall–Kier alpha value is -3.09. The summed E-state index contributed by atoms with van der Waals surface area (Å²) in [7, 11) is 0. The van der Waals surface area contributed by atoms with E-state index >= 15 is 0 Å². The summed E-state index contributed by atoms with van der Waals surface area (Å²) in [5.41, 5.74) is 2.08. The van der Waals surface area contributed by atoms with Crippen molar-refractivity contribution in [2.45, 2.75) is 38.0 Å². The monoisotopic (exact) mass is 413 g/mol. The molecule has 2 aromatic carbocycles. The predicted molar refractivity (Wildman–Crippen MR) is 108 cm³/mol. The van der Waals surface area contributed by atoms with Crippen LogP contribution in [0.1, 0.15) is 30.9 Å². The molecule has 4 nitrogen and oxygen atoms in total. The van der Waals surface area contributed by atoms with Crippen LogP contribution < -0.4 is 0 Å². The fourth-order valence-corrected chi connectivity index (χ4v) is 3.95. The van der Waals surface area contributed by atoms with Gasteiger partial charge in [-0.25, -0.2) is 13.2 Å². The number of allylic oxidation sites excluding steroid dienone is 1. The van der Waals surface area contributed by atoms with Crippen LogP contribution >= 0.6 is 0 Å². The Morgan fingerprint density at radius 3 is 2.73 bits per heavy atom. The molecule has 1 saturated heterocycles. The average molecular weight is 413 g/mol. The second-order valence-electron chi connectivity index (χ2n) is 7.73. The summed E-state index contributed by atoms with van der Waals surface area (Å²) in [6.45, 7) is 4.43. The summed E-state index contributed by atoms with van der Waals surface area (Å²) < 4.78 is 42.6. The summed E-state index contributed by atoms with van der Waals surface area (Å²) in [6.07, 6.45) is 1.40. The van der Waals surface area contributed by atoms with Crippen molar-refractivity contribution in [3.63, 3.8) is 0 Å². The van der Waals surface area contributed by atoms with E-state index in [1.807, 2.05) is 0 Å². The summed E-state index contributed by atoms with van der Waals surface area (Å²) in [4.78, 5) is 14.3. The molecular weight excluding hydrogens is 391 g/mol. The molecule has 1 fully saturated rings. The highest BCUT2D eigenvalue weighted by molar-refractivity contribution is 5.78. The Kier molecular flexibility index (Phi) is 5.61. The zero-order chi connectivity index (χ0) is 21.3. The Morgan fingerprint density at radius 2 is 1.93 bits per heavy atom. The van der Waals surface area contributed by atoms with Crippen molar-refractivity contribution in [2.24, 2.45) is 0 Å². The van der Waals surface area contributed by atoms with Gasteiger partial charge in [-0.3, -0.25) is 9.48 Å². The molecule has 2 heterocycles. The van der Waals surface area contributed by atoms with Gasteiger partial charge in [0, 0.05) is 24.4 Å². The van der Waals surface area contributed by atoms with Gasteiger partial charge in [0.1, 0.15) is 17.8 Å². The molecule has 7 heteroatoms. The number of benzene rings is 2. The number of nitrogens with zero attached hydrogens (tertiary/aromatic N) is 3. The van der Waals surface area contributed by atoms with Crippen molar-refractivity contribution in [2.75, 3.05) is 6.54 Å². The van der Waals surface area contributed by atoms with Gasteiger partial charge in [0.25, 0.3) is 0 Å². The Labute approximate surface area is 172 Å². The number of aromatic nitrogens is 2. The molecular formula is C23H22F3N3O. The van der Waals surface area contributed by atoms with Crippen LogP contribution in [0.2, 0.25) is 0 Å². The Bertz CT molecular complexity index is 1090. The molecule has 156 valence electrons. The molecule has 0 aliphatic carbocycles. The molecule has 0 saturated carbocycles. The van der Waals surface area contributed by atoms with Crippen LogP contribution in [-0.2, 0) is 11.3 Å². The number of carbonyl (C=O) groups excluding carboxylic acids is 1. The molecule has 30 heavy (non-hydrogen) atoms. The third-order valence-corrected chi connectivity index (χ3v) is 5.40. The van der Waals surface area contributed by atoms with Crippen molar-refractivity contribution in [3.8, 4) is 0 Å². The lowest BCUT2D eigenvalue weighted by Crippen LogP contribution is -2.31. The number of hydrogen-bond donors (Lipinski definition) is 0. The van der Waals surface area contributed by atoms with Gasteiger partial charge in [0.15, 0.2) is 0 Å². The summed E-state index contributed by atoms with van der Waals surface area (Å²) in [5.74, 6) is -0.906. The quantitative estimate of drug-likeness (QED) is 0.536. The maximum absolute atomic E-state index is 14.0. The lowest BCUT2D eigenvalue weighted by atomic mass is 10.0. The fraction of sp³-hybridized carbons (Fsp3) is 0.304. The number of fused-ring (bicyclic) bond motifs is 1. The summed E-state index contributed by atoms with van der Waals surface area (Å²) in [5, 5.41) is 5.07. The third kappa shape index (κ3) is 4.40. The van der Waals surface area contributed by atoms with E-state index in [4.69, 9.17) is 0 Å². The molecule has 2 atom stereocenters. The molecule has 0 bridgehead atoms. The molecule has 1 amide bonds. The van der Waals surface area contributed by atoms with E-state index in [1.54, 1.807) is 29.1 Å². The summed E-state index contributed by atoms with van der Waals surface area (Å²) in [6, 6.07) is 9.90. The molecule has 0 radical (unpaired) electrons. The molecule has 4 rings (SSSR count). The Morgan fingerprint density at radius 1 is 1.13 bits per heavy atom. The van der Waals surface area contributed by atoms with E-state index in [1.165, 1.54) is 29.2 Å². The lowest BCUT2D eigenvalue weighted by molar-refractivity contribution is -0.132. The molecule has 3 aromatic rings. The molecule has 1 aliphatic heterocycles. The molecule has 1 aliphatic rings. The number of amides is 1. The largest absolute Gasteiger partial charge is 0.333 e. The first-order valence-electron chi connectivity index (χ1n) is 9.87.